The van der Waals surface area contributed by atoms with Crippen molar-refractivity contribution < 1.29 is 18.0 Å². The second kappa shape index (κ2) is 7.90. The van der Waals surface area contributed by atoms with E-state index in [1.165, 1.54) is 13.2 Å². The minimum absolute atomic E-state index is 0.00662. The summed E-state index contributed by atoms with van der Waals surface area (Å²) in [5.74, 6) is -0.676. The van der Waals surface area contributed by atoms with E-state index in [0.29, 0.717) is 10.6 Å². The summed E-state index contributed by atoms with van der Waals surface area (Å²) in [6.07, 6.45) is 4.21. The van der Waals surface area contributed by atoms with Crippen LogP contribution >= 0.6 is 11.6 Å². The molecule has 8 heteroatoms. The van der Waals surface area contributed by atoms with Gasteiger partial charge in [0, 0.05) is 50.4 Å². The van der Waals surface area contributed by atoms with E-state index in [1.807, 2.05) is 0 Å². The van der Waals surface area contributed by atoms with E-state index in [9.17, 15) is 18.0 Å². The lowest BCUT2D eigenvalue weighted by molar-refractivity contribution is -0.116. The van der Waals surface area contributed by atoms with Gasteiger partial charge < -0.3 is 4.90 Å². The number of hydrogen-bond acceptors (Lipinski definition) is 5. The lowest BCUT2D eigenvalue weighted by Gasteiger charge is -2.18. The van der Waals surface area contributed by atoms with E-state index < -0.39 is 15.8 Å². The average molecular weight is 399 g/mol. The maximum atomic E-state index is 13.1. The highest BCUT2D eigenvalue weighted by atomic mass is 35.5. The van der Waals surface area contributed by atoms with Crippen molar-refractivity contribution in [2.45, 2.75) is 19.4 Å². The molecule has 1 saturated carbocycles. The number of hydrogen-bond donors (Lipinski definition) is 0. The summed E-state index contributed by atoms with van der Waals surface area (Å²) >= 11 is 6.04. The predicted molar refractivity (Wildman–Crippen MR) is 102 cm³/mol. The molecule has 0 saturated heterocycles. The summed E-state index contributed by atoms with van der Waals surface area (Å²) in [7, 11) is 1.49. The number of sulfonamides is 1. The molecule has 0 aromatic heterocycles. The van der Waals surface area contributed by atoms with Gasteiger partial charge in [0.15, 0.2) is 11.6 Å². The summed E-state index contributed by atoms with van der Waals surface area (Å²) in [4.78, 5) is 27.3. The largest absolute Gasteiger partial charge is 0.383 e. The van der Waals surface area contributed by atoms with Crippen LogP contribution in [0.2, 0.25) is 5.02 Å². The van der Waals surface area contributed by atoms with Gasteiger partial charge in [-0.05, 0) is 36.6 Å². The Kier molecular flexibility index (Phi) is 6.26. The zero-order chi connectivity index (χ0) is 19.6. The van der Waals surface area contributed by atoms with Gasteiger partial charge in [-0.2, -0.15) is 0 Å². The number of rotatable bonds is 8. The highest BCUT2D eigenvalue weighted by Gasteiger charge is 2.35. The molecule has 6 nitrogen and oxygen atoms in total. The van der Waals surface area contributed by atoms with Crippen LogP contribution in [0, 0.1) is 5.92 Å². The first-order valence-corrected chi connectivity index (χ1v) is 10.4. The Bertz CT molecular complexity index is 858. The van der Waals surface area contributed by atoms with Gasteiger partial charge in [-0.1, -0.05) is 11.6 Å². The van der Waals surface area contributed by atoms with Crippen molar-refractivity contribution in [3.8, 4) is 0 Å². The summed E-state index contributed by atoms with van der Waals surface area (Å²) in [5.41, 5.74) is 0.860. The lowest BCUT2D eigenvalue weighted by atomic mass is 9.94. The molecule has 26 heavy (non-hydrogen) atoms. The van der Waals surface area contributed by atoms with Crippen LogP contribution in [0.5, 0.6) is 0 Å². The number of carbonyl (C=O) groups excluding carboxylic acids is 2. The summed E-state index contributed by atoms with van der Waals surface area (Å²) in [5, 5.41) is 0.394. The van der Waals surface area contributed by atoms with Crippen LogP contribution in [0.1, 0.15) is 28.8 Å². The van der Waals surface area contributed by atoms with Crippen molar-refractivity contribution in [2.75, 3.05) is 27.4 Å². The SMILES string of the molecule is CN(C)C=C(C(=O)c1ccc(Cl)cc1CN(C)S(C)(=O)=O)C(=O)C1CC1. The minimum atomic E-state index is -3.43. The molecule has 1 fully saturated rings. The fourth-order valence-corrected chi connectivity index (χ4v) is 3.04. The van der Waals surface area contributed by atoms with E-state index in [1.54, 1.807) is 37.2 Å². The molecule has 1 aromatic carbocycles. The maximum absolute atomic E-state index is 13.1. The molecule has 0 atom stereocenters. The zero-order valence-corrected chi connectivity index (χ0v) is 16.9. The van der Waals surface area contributed by atoms with Gasteiger partial charge >= 0.3 is 0 Å². The van der Waals surface area contributed by atoms with Crippen LogP contribution in [0.3, 0.4) is 0 Å². The molecule has 0 spiro atoms. The summed E-state index contributed by atoms with van der Waals surface area (Å²) < 4.78 is 24.6. The van der Waals surface area contributed by atoms with Crippen molar-refractivity contribution in [3.63, 3.8) is 0 Å². The molecule has 0 amide bonds. The number of nitrogens with zero attached hydrogens (tertiary/aromatic N) is 2. The molecule has 1 aliphatic carbocycles. The fourth-order valence-electron chi connectivity index (χ4n) is 2.47. The quantitative estimate of drug-likeness (QED) is 0.291. The number of Topliss-reactive ketones (excluding diaryl/α,β-unsaturated/α-hetero) is 2. The van der Waals surface area contributed by atoms with E-state index in [-0.39, 0.29) is 29.4 Å². The normalized spacial score (nSPS) is 15.2. The molecule has 1 aromatic rings. The number of allylic oxidation sites excluding steroid dienone is 1. The van der Waals surface area contributed by atoms with Crippen molar-refractivity contribution in [2.24, 2.45) is 5.92 Å². The van der Waals surface area contributed by atoms with Gasteiger partial charge in [-0.15, -0.1) is 0 Å². The molecule has 0 unspecified atom stereocenters. The Morgan fingerprint density at radius 3 is 2.35 bits per heavy atom. The Morgan fingerprint density at radius 1 is 1.23 bits per heavy atom. The molecule has 0 N–H and O–H groups in total. The third-order valence-corrected chi connectivity index (χ3v) is 5.61. The predicted octanol–water partition coefficient (Wildman–Crippen LogP) is 2.34. The monoisotopic (exact) mass is 398 g/mol. The van der Waals surface area contributed by atoms with Gasteiger partial charge in [0.1, 0.15) is 0 Å². The third kappa shape index (κ3) is 5.16. The molecule has 142 valence electrons. The van der Waals surface area contributed by atoms with Gasteiger partial charge in [0.2, 0.25) is 10.0 Å². The van der Waals surface area contributed by atoms with E-state index in [4.69, 9.17) is 11.6 Å². The van der Waals surface area contributed by atoms with Gasteiger partial charge in [-0.25, -0.2) is 12.7 Å². The van der Waals surface area contributed by atoms with Gasteiger partial charge in [-0.3, -0.25) is 9.59 Å². The molecule has 1 aliphatic rings. The maximum Gasteiger partial charge on any atom is 0.211 e. The second-order valence-corrected chi connectivity index (χ2v) is 9.32. The lowest BCUT2D eigenvalue weighted by Crippen LogP contribution is -2.26. The number of carbonyl (C=O) groups is 2. The molecular weight excluding hydrogens is 376 g/mol. The molecule has 0 radical (unpaired) electrons. The van der Waals surface area contributed by atoms with Crippen molar-refractivity contribution in [1.29, 1.82) is 0 Å². The van der Waals surface area contributed by atoms with E-state index >= 15 is 0 Å². The molecule has 0 aliphatic heterocycles. The number of halogens is 1. The number of ketones is 2. The molecule has 2 rings (SSSR count). The summed E-state index contributed by atoms with van der Waals surface area (Å²) in [6, 6.07) is 4.67. The minimum Gasteiger partial charge on any atom is -0.383 e. The Hall–Kier alpha value is -1.70. The molecular formula is C18H23ClN2O4S. The first kappa shape index (κ1) is 20.6. The first-order valence-electron chi connectivity index (χ1n) is 8.17. The van der Waals surface area contributed by atoms with Crippen LogP contribution < -0.4 is 0 Å². The molecule has 0 bridgehead atoms. The van der Waals surface area contributed by atoms with E-state index in [2.05, 4.69) is 0 Å². The van der Waals surface area contributed by atoms with Crippen LogP contribution in [0.15, 0.2) is 30.0 Å². The van der Waals surface area contributed by atoms with Crippen molar-refractivity contribution >= 4 is 33.2 Å². The third-order valence-electron chi connectivity index (χ3n) is 4.12. The highest BCUT2D eigenvalue weighted by molar-refractivity contribution is 7.88. The molecule has 0 heterocycles. The Balaban J connectivity index is 2.45. The van der Waals surface area contributed by atoms with Crippen molar-refractivity contribution in [3.05, 3.63) is 46.1 Å². The highest BCUT2D eigenvalue weighted by Crippen LogP contribution is 2.33. The standard InChI is InChI=1S/C18H23ClN2O4S/c1-20(2)11-16(17(22)12-5-6-12)18(23)15-8-7-14(19)9-13(15)10-21(3)26(4,24)25/h7-9,11-12H,5-6,10H2,1-4H3. The van der Waals surface area contributed by atoms with Gasteiger partial charge in [0.25, 0.3) is 0 Å². The van der Waals surface area contributed by atoms with Crippen LogP contribution in [0.25, 0.3) is 0 Å². The first-order chi connectivity index (χ1) is 12.0. The van der Waals surface area contributed by atoms with Crippen molar-refractivity contribution in [1.82, 2.24) is 9.21 Å². The Labute approximate surface area is 159 Å². The number of benzene rings is 1. The smallest absolute Gasteiger partial charge is 0.211 e. The summed E-state index contributed by atoms with van der Waals surface area (Å²) in [6.45, 7) is -0.00662. The van der Waals surface area contributed by atoms with E-state index in [0.717, 1.165) is 23.4 Å². The van der Waals surface area contributed by atoms with Gasteiger partial charge in [0.05, 0.1) is 11.8 Å². The Morgan fingerprint density at radius 2 is 1.85 bits per heavy atom. The second-order valence-electron chi connectivity index (χ2n) is 6.79. The fraction of sp³-hybridized carbons (Fsp3) is 0.444. The average Bonchev–Trinajstić information content (AvgIpc) is 3.35. The van der Waals surface area contributed by atoms with Crippen LogP contribution in [-0.2, 0) is 21.4 Å². The van der Waals surface area contributed by atoms with Crippen LogP contribution in [0.4, 0.5) is 0 Å². The topological polar surface area (TPSA) is 74.8 Å². The zero-order valence-electron chi connectivity index (χ0n) is 15.3. The van der Waals surface area contributed by atoms with Crippen LogP contribution in [-0.4, -0.2) is 56.6 Å².